The van der Waals surface area contributed by atoms with Crippen molar-refractivity contribution in [2.24, 2.45) is 0 Å². The molecule has 3 heterocycles. The third-order valence-corrected chi connectivity index (χ3v) is 13.6. The van der Waals surface area contributed by atoms with E-state index < -0.39 is 17.9 Å². The standard InChI is InChI=1S/C21H25N2.C18H25N2.C15H25N2.3C2H4O2/c1-14-9-16(3)20(17(4)10-14)22-7-8-23(13-22)21-18(5)11-15(2)12-19(21)6;1-14-11-15(2)18(16(3)12-14)20-10-9-19(13-20)17-7-5-4-6-8-17;1-3-7-14(8-4-1)16-11-12-17(13-16)15-9-5-2-6-10-15;3*1-2(3)4/h7-13H,1-6H3;9-13,17H,4-8H2,1-3H3;11-15H,1-10H2;3*1H3,(H,3,4)/q3*+1;;;/p-3. The zero-order chi connectivity index (χ0) is 53.1. The van der Waals surface area contributed by atoms with Gasteiger partial charge in [0.1, 0.15) is 72.4 Å². The first-order valence-electron chi connectivity index (χ1n) is 26.2. The van der Waals surface area contributed by atoms with Crippen LogP contribution in [0.1, 0.15) is 185 Å². The summed E-state index contributed by atoms with van der Waals surface area (Å²) in [5, 5.41) is 26.7. The van der Waals surface area contributed by atoms with Crippen molar-refractivity contribution in [2.45, 2.75) is 198 Å². The number of carbonyl (C=O) groups excluding carboxylic acids is 3. The Hall–Kier alpha value is -6.30. The Kier molecular flexibility index (Phi) is 23.2. The Morgan fingerprint density at radius 3 is 1.15 bits per heavy atom. The molecule has 0 aliphatic heterocycles. The van der Waals surface area contributed by atoms with Gasteiger partial charge in [-0.2, -0.15) is 0 Å². The molecule has 12 heteroatoms. The molecule has 0 amide bonds. The van der Waals surface area contributed by atoms with E-state index in [1.165, 1.54) is 163 Å². The highest BCUT2D eigenvalue weighted by Crippen LogP contribution is 2.29. The molecule has 0 atom stereocenters. The predicted molar refractivity (Wildman–Crippen MR) is 279 cm³/mol. The van der Waals surface area contributed by atoms with Crippen LogP contribution in [0.25, 0.3) is 17.1 Å². The smallest absolute Gasteiger partial charge is 0.254 e. The Morgan fingerprint density at radius 2 is 0.750 bits per heavy atom. The number of aromatic nitrogens is 6. The molecule has 3 saturated carbocycles. The van der Waals surface area contributed by atoms with E-state index in [1.807, 2.05) is 0 Å². The molecule has 0 spiro atoms. The minimum Gasteiger partial charge on any atom is -0.550 e. The summed E-state index contributed by atoms with van der Waals surface area (Å²) in [4.78, 5) is 26.7. The van der Waals surface area contributed by atoms with Crippen LogP contribution >= 0.6 is 0 Å². The Labute approximate surface area is 430 Å². The van der Waals surface area contributed by atoms with E-state index in [2.05, 4.69) is 182 Å². The van der Waals surface area contributed by atoms with Crippen LogP contribution in [0.3, 0.4) is 0 Å². The van der Waals surface area contributed by atoms with Gasteiger partial charge >= 0.3 is 0 Å². The molecule has 3 aromatic carbocycles. The summed E-state index contributed by atoms with van der Waals surface area (Å²) in [6.07, 6.45) is 41.2. The van der Waals surface area contributed by atoms with Crippen molar-refractivity contribution < 1.29 is 43.4 Å². The van der Waals surface area contributed by atoms with Gasteiger partial charge < -0.3 is 29.7 Å². The van der Waals surface area contributed by atoms with Gasteiger partial charge in [-0.1, -0.05) is 72.4 Å². The summed E-state index contributed by atoms with van der Waals surface area (Å²) in [6.45, 7) is 22.5. The molecular formula is C60H84N6O6. The molecule has 3 aromatic heterocycles. The number of hydrogen-bond acceptors (Lipinski definition) is 6. The van der Waals surface area contributed by atoms with Crippen LogP contribution in [0, 0.1) is 62.3 Å². The third kappa shape index (κ3) is 18.4. The SMILES string of the molecule is CC(=O)[O-].CC(=O)[O-].CC(=O)[O-].Cc1cc(C)c(-n2cc[n+](-c3c(C)cc(C)cc3C)c2)c(C)c1.Cc1cc(C)c(-n2cc[n+](C3CCCCC3)c2)c(C)c1.c1c[n+](C2CCCCC2)cn1C1CCCCC1. The number of carboxylic acid groups (broad SMARTS) is 3. The minimum absolute atomic E-state index is 0.705. The van der Waals surface area contributed by atoms with Crippen molar-refractivity contribution in [1.82, 2.24) is 13.7 Å². The van der Waals surface area contributed by atoms with Crippen molar-refractivity contribution in [3.05, 3.63) is 143 Å². The van der Waals surface area contributed by atoms with E-state index in [9.17, 15) is 0 Å². The lowest BCUT2D eigenvalue weighted by molar-refractivity contribution is -0.725. The van der Waals surface area contributed by atoms with Gasteiger partial charge in [0.15, 0.2) is 0 Å². The van der Waals surface area contributed by atoms with E-state index in [0.29, 0.717) is 6.04 Å². The van der Waals surface area contributed by atoms with Gasteiger partial charge in [-0.05, 0) is 194 Å². The second-order valence-corrected chi connectivity index (χ2v) is 20.4. The average molecular weight is 985 g/mol. The maximum atomic E-state index is 8.89. The lowest BCUT2D eigenvalue weighted by Gasteiger charge is -2.20. The molecule has 12 nitrogen and oxygen atoms in total. The van der Waals surface area contributed by atoms with Gasteiger partial charge in [-0.15, -0.1) is 0 Å². The van der Waals surface area contributed by atoms with E-state index >= 15 is 0 Å². The number of carbonyl (C=O) groups is 3. The lowest BCUT2D eigenvalue weighted by Crippen LogP contribution is -2.38. The summed E-state index contributed by atoms with van der Waals surface area (Å²) < 4.78 is 14.1. The molecule has 0 N–H and O–H groups in total. The van der Waals surface area contributed by atoms with Crippen LogP contribution in [-0.2, 0) is 14.4 Å². The fourth-order valence-electron chi connectivity index (χ4n) is 11.0. The van der Waals surface area contributed by atoms with Gasteiger partial charge in [0, 0.05) is 17.9 Å². The molecule has 3 aliphatic rings. The van der Waals surface area contributed by atoms with E-state index in [0.717, 1.165) is 32.9 Å². The molecule has 0 radical (unpaired) electrons. The molecule has 72 heavy (non-hydrogen) atoms. The molecule has 9 rings (SSSR count). The van der Waals surface area contributed by atoms with Gasteiger partial charge in [-0.3, -0.25) is 0 Å². The first-order valence-corrected chi connectivity index (χ1v) is 26.2. The Morgan fingerprint density at radius 1 is 0.431 bits per heavy atom. The number of imidazole rings is 3. The largest absolute Gasteiger partial charge is 0.550 e. The quantitative estimate of drug-likeness (QED) is 0.153. The highest BCUT2D eigenvalue weighted by molar-refractivity contribution is 5.60. The maximum absolute atomic E-state index is 8.89. The highest BCUT2D eigenvalue weighted by Gasteiger charge is 2.25. The molecule has 390 valence electrons. The fraction of sp³-hybridized carbons (Fsp3) is 0.500. The lowest BCUT2D eigenvalue weighted by atomic mass is 9.95. The minimum atomic E-state index is -1.08. The van der Waals surface area contributed by atoms with E-state index in [-0.39, 0.29) is 0 Å². The summed E-state index contributed by atoms with van der Waals surface area (Å²) >= 11 is 0. The summed E-state index contributed by atoms with van der Waals surface area (Å²) in [7, 11) is 0. The first-order chi connectivity index (χ1) is 34.1. The summed E-state index contributed by atoms with van der Waals surface area (Å²) in [6, 6.07) is 15.8. The van der Waals surface area contributed by atoms with Crippen LogP contribution in [0.2, 0.25) is 0 Å². The maximum Gasteiger partial charge on any atom is 0.254 e. The molecule has 6 aromatic rings. The van der Waals surface area contributed by atoms with Crippen molar-refractivity contribution in [2.75, 3.05) is 0 Å². The zero-order valence-corrected chi connectivity index (χ0v) is 45.6. The molecular weight excluding hydrogens is 901 g/mol. The number of aliphatic carboxylic acids is 3. The number of nitrogens with zero attached hydrogens (tertiary/aromatic N) is 6. The molecule has 0 unspecified atom stereocenters. The molecule has 3 fully saturated rings. The average Bonchev–Trinajstić information content (AvgIpc) is 4.10. The summed E-state index contributed by atoms with van der Waals surface area (Å²) in [5.41, 5.74) is 15.8. The van der Waals surface area contributed by atoms with Crippen LogP contribution in [0.4, 0.5) is 0 Å². The van der Waals surface area contributed by atoms with Crippen LogP contribution in [-0.4, -0.2) is 31.6 Å². The number of benzene rings is 3. The van der Waals surface area contributed by atoms with Crippen molar-refractivity contribution in [1.29, 1.82) is 0 Å². The first kappa shape index (κ1) is 58.3. The Bertz CT molecular complexity index is 2460. The predicted octanol–water partition coefficient (Wildman–Crippen LogP) is 8.85. The number of hydrogen-bond donors (Lipinski definition) is 0. The zero-order valence-electron chi connectivity index (χ0n) is 45.6. The van der Waals surface area contributed by atoms with E-state index in [4.69, 9.17) is 29.7 Å². The topological polar surface area (TPSA) is 147 Å². The van der Waals surface area contributed by atoms with Crippen molar-refractivity contribution >= 4 is 17.9 Å². The number of aryl methyl sites for hydroxylation is 9. The van der Waals surface area contributed by atoms with E-state index in [1.54, 1.807) is 0 Å². The van der Waals surface area contributed by atoms with Crippen molar-refractivity contribution in [3.8, 4) is 17.1 Å². The fourth-order valence-corrected chi connectivity index (χ4v) is 11.0. The van der Waals surface area contributed by atoms with Gasteiger partial charge in [0.2, 0.25) is 12.7 Å². The number of rotatable bonds is 6. The van der Waals surface area contributed by atoms with Gasteiger partial charge in [0.05, 0.1) is 0 Å². The molecule has 3 aliphatic carbocycles. The van der Waals surface area contributed by atoms with Gasteiger partial charge in [0.25, 0.3) is 6.33 Å². The Balaban J connectivity index is 0.000000212. The highest BCUT2D eigenvalue weighted by atomic mass is 16.4. The van der Waals surface area contributed by atoms with Gasteiger partial charge in [-0.25, -0.2) is 27.4 Å². The molecule has 0 saturated heterocycles. The van der Waals surface area contributed by atoms with Crippen molar-refractivity contribution in [3.63, 3.8) is 0 Å². The number of carboxylic acids is 3. The second-order valence-electron chi connectivity index (χ2n) is 20.4. The second kappa shape index (κ2) is 28.7. The summed E-state index contributed by atoms with van der Waals surface area (Å²) in [5.74, 6) is -3.25. The van der Waals surface area contributed by atoms with Crippen LogP contribution in [0.15, 0.2) is 92.6 Å². The normalized spacial score (nSPS) is 14.8. The van der Waals surface area contributed by atoms with Crippen LogP contribution < -0.4 is 29.0 Å². The third-order valence-electron chi connectivity index (χ3n) is 13.6. The van der Waals surface area contributed by atoms with Crippen LogP contribution in [0.5, 0.6) is 0 Å². The monoisotopic (exact) mass is 985 g/mol. The molecule has 0 bridgehead atoms.